The lowest BCUT2D eigenvalue weighted by Gasteiger charge is -2.40. The van der Waals surface area contributed by atoms with E-state index in [1.165, 1.54) is 18.2 Å². The van der Waals surface area contributed by atoms with Crippen molar-refractivity contribution in [1.82, 2.24) is 15.8 Å². The van der Waals surface area contributed by atoms with E-state index in [0.717, 1.165) is 11.1 Å². The minimum absolute atomic E-state index is 0.00276. The van der Waals surface area contributed by atoms with E-state index in [-0.39, 0.29) is 25.3 Å². The Kier molecular flexibility index (Phi) is 5.59. The lowest BCUT2D eigenvalue weighted by Crippen LogP contribution is -2.64. The Morgan fingerprint density at radius 3 is 2.71 bits per heavy atom. The molecule has 0 saturated carbocycles. The Morgan fingerprint density at radius 2 is 1.97 bits per heavy atom. The van der Waals surface area contributed by atoms with E-state index < -0.39 is 36.1 Å². The van der Waals surface area contributed by atoms with Crippen LogP contribution in [-0.2, 0) is 11.3 Å². The van der Waals surface area contributed by atoms with E-state index in [1.807, 2.05) is 18.2 Å². The Labute approximate surface area is 175 Å². The van der Waals surface area contributed by atoms with Crippen molar-refractivity contribution in [2.24, 2.45) is 5.92 Å². The van der Waals surface area contributed by atoms with Crippen LogP contribution in [-0.4, -0.2) is 47.3 Å². The van der Waals surface area contributed by atoms with Crippen LogP contribution < -0.4 is 15.6 Å². The molecule has 2 aliphatic rings. The summed E-state index contributed by atoms with van der Waals surface area (Å²) in [7, 11) is 0. The van der Waals surface area contributed by atoms with Crippen LogP contribution in [0.3, 0.4) is 0 Å². The Bertz CT molecular complexity index is 998. The van der Waals surface area contributed by atoms with Crippen molar-refractivity contribution in [1.29, 1.82) is 0 Å². The maximum absolute atomic E-state index is 13.7. The first kappa shape index (κ1) is 21.1. The number of nitrogens with zero attached hydrogens (tertiary/aromatic N) is 1. The number of halogens is 3. The van der Waals surface area contributed by atoms with Crippen LogP contribution in [0.1, 0.15) is 27.5 Å². The van der Waals surface area contributed by atoms with Crippen molar-refractivity contribution >= 4 is 11.9 Å². The molecule has 1 fully saturated rings. The van der Waals surface area contributed by atoms with Gasteiger partial charge in [0.25, 0.3) is 0 Å². The molecule has 2 aliphatic heterocycles. The zero-order chi connectivity index (χ0) is 22.2. The summed E-state index contributed by atoms with van der Waals surface area (Å²) < 4.78 is 47.0. The van der Waals surface area contributed by atoms with E-state index in [4.69, 9.17) is 9.84 Å². The molecule has 7 nitrogen and oxygen atoms in total. The van der Waals surface area contributed by atoms with Crippen molar-refractivity contribution in [3.63, 3.8) is 0 Å². The number of hydrogen-bond acceptors (Lipinski definition) is 5. The maximum atomic E-state index is 13.7. The highest BCUT2D eigenvalue weighted by Gasteiger charge is 2.54. The van der Waals surface area contributed by atoms with E-state index in [0.29, 0.717) is 5.75 Å². The fourth-order valence-corrected chi connectivity index (χ4v) is 4.21. The zero-order valence-corrected chi connectivity index (χ0v) is 16.2. The first-order chi connectivity index (χ1) is 14.8. The number of rotatable bonds is 5. The first-order valence-electron chi connectivity index (χ1n) is 9.65. The van der Waals surface area contributed by atoms with Gasteiger partial charge in [0, 0.05) is 19.1 Å². The number of carbonyl (C=O) groups is 2. The van der Waals surface area contributed by atoms with Crippen molar-refractivity contribution in [3.8, 4) is 5.75 Å². The summed E-state index contributed by atoms with van der Waals surface area (Å²) in [6.45, 7) is 0.170. The molecule has 0 spiro atoms. The van der Waals surface area contributed by atoms with Crippen molar-refractivity contribution in [3.05, 3.63) is 65.2 Å². The molecule has 164 valence electrons. The number of aromatic carboxylic acids is 1. The Morgan fingerprint density at radius 1 is 1.19 bits per heavy atom. The van der Waals surface area contributed by atoms with Crippen LogP contribution in [0.25, 0.3) is 0 Å². The molecule has 0 bridgehead atoms. The van der Waals surface area contributed by atoms with Crippen LogP contribution in [0.5, 0.6) is 5.75 Å². The molecule has 4 rings (SSSR count). The highest BCUT2D eigenvalue weighted by molar-refractivity contribution is 5.88. The summed E-state index contributed by atoms with van der Waals surface area (Å²) in [5.74, 6) is -4.10. The van der Waals surface area contributed by atoms with Gasteiger partial charge in [-0.15, -0.1) is 0 Å². The SMILES string of the molecule is O=C(O)c1cccc(OCC2c3ccccc3CN2C2CNNC(=O)C2C(F)(F)F)c1. The van der Waals surface area contributed by atoms with Crippen LogP contribution in [0.4, 0.5) is 13.2 Å². The van der Waals surface area contributed by atoms with Gasteiger partial charge in [-0.1, -0.05) is 30.3 Å². The Hall–Kier alpha value is -3.11. The largest absolute Gasteiger partial charge is 0.492 e. The van der Waals surface area contributed by atoms with Gasteiger partial charge in [0.1, 0.15) is 12.4 Å². The van der Waals surface area contributed by atoms with Gasteiger partial charge in [0.15, 0.2) is 5.92 Å². The average Bonchev–Trinajstić information content (AvgIpc) is 3.10. The van der Waals surface area contributed by atoms with Gasteiger partial charge in [-0.05, 0) is 29.3 Å². The molecule has 0 aliphatic carbocycles. The number of hydrazine groups is 1. The number of alkyl halides is 3. The summed E-state index contributed by atoms with van der Waals surface area (Å²) in [6.07, 6.45) is -4.70. The van der Waals surface area contributed by atoms with Gasteiger partial charge in [-0.25, -0.2) is 10.2 Å². The lowest BCUT2D eigenvalue weighted by molar-refractivity contribution is -0.202. The van der Waals surface area contributed by atoms with Crippen LogP contribution in [0.2, 0.25) is 0 Å². The molecule has 3 atom stereocenters. The highest BCUT2D eigenvalue weighted by atomic mass is 19.4. The minimum Gasteiger partial charge on any atom is -0.492 e. The van der Waals surface area contributed by atoms with Crippen LogP contribution in [0, 0.1) is 5.92 Å². The lowest BCUT2D eigenvalue weighted by atomic mass is 9.94. The highest BCUT2D eigenvalue weighted by Crippen LogP contribution is 2.41. The van der Waals surface area contributed by atoms with Crippen molar-refractivity contribution in [2.75, 3.05) is 13.2 Å². The smallest absolute Gasteiger partial charge is 0.402 e. The second kappa shape index (κ2) is 8.20. The van der Waals surface area contributed by atoms with Gasteiger partial charge in [0.05, 0.1) is 11.6 Å². The summed E-state index contributed by atoms with van der Waals surface area (Å²) in [4.78, 5) is 24.9. The number of benzene rings is 2. The van der Waals surface area contributed by atoms with E-state index in [2.05, 4.69) is 10.9 Å². The molecule has 31 heavy (non-hydrogen) atoms. The summed E-state index contributed by atoms with van der Waals surface area (Å²) in [5.41, 5.74) is 6.37. The van der Waals surface area contributed by atoms with E-state index >= 15 is 0 Å². The van der Waals surface area contributed by atoms with E-state index in [9.17, 15) is 22.8 Å². The molecular weight excluding hydrogens is 415 g/mol. The summed E-state index contributed by atoms with van der Waals surface area (Å²) in [6, 6.07) is 11.5. The predicted octanol–water partition coefficient (Wildman–Crippen LogP) is 2.50. The number of carboxylic acids is 1. The van der Waals surface area contributed by atoms with E-state index in [1.54, 1.807) is 17.0 Å². The number of carbonyl (C=O) groups excluding carboxylic acids is 1. The van der Waals surface area contributed by atoms with Crippen LogP contribution in [0.15, 0.2) is 48.5 Å². The molecule has 3 unspecified atom stereocenters. The second-order valence-electron chi connectivity index (χ2n) is 7.49. The quantitative estimate of drug-likeness (QED) is 0.669. The predicted molar refractivity (Wildman–Crippen MR) is 103 cm³/mol. The number of amides is 1. The number of hydrogen-bond donors (Lipinski definition) is 3. The second-order valence-corrected chi connectivity index (χ2v) is 7.49. The van der Waals surface area contributed by atoms with Gasteiger partial charge in [0.2, 0.25) is 5.91 Å². The molecule has 1 saturated heterocycles. The third-order valence-corrected chi connectivity index (χ3v) is 5.62. The topological polar surface area (TPSA) is 90.9 Å². The van der Waals surface area contributed by atoms with Gasteiger partial charge >= 0.3 is 12.1 Å². The fourth-order valence-electron chi connectivity index (χ4n) is 4.21. The third-order valence-electron chi connectivity index (χ3n) is 5.62. The molecule has 2 aromatic carbocycles. The Balaban J connectivity index is 1.62. The van der Waals surface area contributed by atoms with Crippen molar-refractivity contribution in [2.45, 2.75) is 24.8 Å². The maximum Gasteiger partial charge on any atom is 0.402 e. The van der Waals surface area contributed by atoms with Gasteiger partial charge in [-0.3, -0.25) is 15.1 Å². The molecule has 0 radical (unpaired) electrons. The van der Waals surface area contributed by atoms with Crippen molar-refractivity contribution < 1.29 is 32.6 Å². The van der Waals surface area contributed by atoms with Gasteiger partial charge in [-0.2, -0.15) is 13.2 Å². The number of nitrogens with one attached hydrogen (secondary N) is 2. The standard InChI is InChI=1S/C21H20F3N3O4/c22-21(23,24)18-16(9-25-26-19(18)28)27-10-13-4-1-2-7-15(13)17(27)11-31-14-6-3-5-12(8-14)20(29)30/h1-8,16-18,25H,9-11H2,(H,26,28)(H,29,30). The molecule has 1 amide bonds. The molecule has 10 heteroatoms. The first-order valence-corrected chi connectivity index (χ1v) is 9.65. The van der Waals surface area contributed by atoms with Gasteiger partial charge < -0.3 is 9.84 Å². The fraction of sp³-hybridized carbons (Fsp3) is 0.333. The number of fused-ring (bicyclic) bond motifs is 1. The normalized spacial score (nSPS) is 23.8. The number of carboxylic acid groups (broad SMARTS) is 1. The summed E-state index contributed by atoms with van der Waals surface area (Å²) >= 11 is 0. The zero-order valence-electron chi connectivity index (χ0n) is 16.2. The minimum atomic E-state index is -4.70. The third kappa shape index (κ3) is 4.21. The molecular formula is C21H20F3N3O4. The monoisotopic (exact) mass is 435 g/mol. The summed E-state index contributed by atoms with van der Waals surface area (Å²) in [5, 5.41) is 9.15. The molecule has 2 heterocycles. The number of ether oxygens (including phenoxy) is 1. The molecule has 0 aromatic heterocycles. The van der Waals surface area contributed by atoms with Crippen LogP contribution >= 0.6 is 0 Å². The average molecular weight is 435 g/mol. The molecule has 3 N–H and O–H groups in total. The molecule has 2 aromatic rings.